The van der Waals surface area contributed by atoms with Crippen molar-refractivity contribution in [2.45, 2.75) is 45.2 Å². The van der Waals surface area contributed by atoms with Crippen LogP contribution in [0.4, 0.5) is 11.5 Å². The molecule has 46 heavy (non-hydrogen) atoms. The number of ether oxygens (including phenoxy) is 2. The molecule has 6 rings (SSSR count). The number of hydrogen-bond donors (Lipinski definition) is 2. The number of morpholine rings is 1. The van der Waals surface area contributed by atoms with Gasteiger partial charge >= 0.3 is 5.97 Å². The first-order chi connectivity index (χ1) is 22.5. The summed E-state index contributed by atoms with van der Waals surface area (Å²) in [7, 11) is 0. The van der Waals surface area contributed by atoms with Crippen molar-refractivity contribution in [1.82, 2.24) is 19.8 Å². The fourth-order valence-corrected chi connectivity index (χ4v) is 6.45. The van der Waals surface area contributed by atoms with E-state index in [2.05, 4.69) is 27.3 Å². The van der Waals surface area contributed by atoms with Crippen LogP contribution < -0.4 is 10.1 Å². The van der Waals surface area contributed by atoms with Crippen LogP contribution in [0.1, 0.15) is 42.4 Å². The Labute approximate surface area is 269 Å². The Hall–Kier alpha value is -4.56. The number of fused-ring (bicyclic) bond motifs is 1. The zero-order valence-corrected chi connectivity index (χ0v) is 26.2. The zero-order chi connectivity index (χ0) is 31.9. The average molecular weight is 621 g/mol. The van der Waals surface area contributed by atoms with E-state index in [1.807, 2.05) is 60.5 Å². The van der Waals surface area contributed by atoms with E-state index in [9.17, 15) is 15.2 Å². The first-order valence-corrected chi connectivity index (χ1v) is 16.1. The molecule has 1 atom stereocenters. The van der Waals surface area contributed by atoms with Gasteiger partial charge in [0, 0.05) is 55.2 Å². The average Bonchev–Trinajstić information content (AvgIpc) is 3.08. The number of aromatic nitrogens is 2. The lowest BCUT2D eigenvalue weighted by molar-refractivity contribution is -0.144. The van der Waals surface area contributed by atoms with Crippen molar-refractivity contribution in [1.29, 1.82) is 5.26 Å². The predicted octanol–water partition coefficient (Wildman–Crippen LogP) is 5.76. The molecule has 0 bridgehead atoms. The monoisotopic (exact) mass is 620 g/mol. The summed E-state index contributed by atoms with van der Waals surface area (Å²) in [5.41, 5.74) is 5.82. The van der Waals surface area contributed by atoms with Crippen molar-refractivity contribution >= 4 is 28.4 Å². The van der Waals surface area contributed by atoms with Gasteiger partial charge in [0.1, 0.15) is 28.9 Å². The van der Waals surface area contributed by atoms with Crippen LogP contribution in [0, 0.1) is 18.3 Å². The van der Waals surface area contributed by atoms with Crippen molar-refractivity contribution < 1.29 is 19.4 Å². The Morgan fingerprint density at radius 1 is 1.11 bits per heavy atom. The molecule has 238 valence electrons. The molecule has 0 radical (unpaired) electrons. The Kier molecular flexibility index (Phi) is 10.0. The zero-order valence-electron chi connectivity index (χ0n) is 26.2. The summed E-state index contributed by atoms with van der Waals surface area (Å²) in [5.74, 6) is 0.459. The fourth-order valence-electron chi connectivity index (χ4n) is 6.45. The quantitative estimate of drug-likeness (QED) is 0.200. The molecule has 0 saturated carbocycles. The van der Waals surface area contributed by atoms with Crippen LogP contribution in [0.25, 0.3) is 22.0 Å². The van der Waals surface area contributed by atoms with Gasteiger partial charge in [-0.15, -0.1) is 0 Å². The summed E-state index contributed by atoms with van der Waals surface area (Å²) in [4.78, 5) is 25.6. The second-order valence-electron chi connectivity index (χ2n) is 11.9. The van der Waals surface area contributed by atoms with Gasteiger partial charge in [0.2, 0.25) is 0 Å². The van der Waals surface area contributed by atoms with Gasteiger partial charge in [0.25, 0.3) is 0 Å². The lowest BCUT2D eigenvalue weighted by Gasteiger charge is -2.32. The molecule has 10 heteroatoms. The highest BCUT2D eigenvalue weighted by Gasteiger charge is 2.28. The third kappa shape index (κ3) is 7.12. The lowest BCUT2D eigenvalue weighted by Crippen LogP contribution is -2.44. The third-order valence-corrected chi connectivity index (χ3v) is 8.94. The number of benzene rings is 2. The first kappa shape index (κ1) is 31.4. The minimum absolute atomic E-state index is 0.455. The molecule has 0 spiro atoms. The van der Waals surface area contributed by atoms with Crippen molar-refractivity contribution in [3.63, 3.8) is 0 Å². The number of likely N-dealkylation sites (tertiary alicyclic amines) is 1. The molecule has 2 aliphatic heterocycles. The van der Waals surface area contributed by atoms with Crippen LogP contribution in [0.2, 0.25) is 0 Å². The Balaban J connectivity index is 1.19. The van der Waals surface area contributed by atoms with Crippen molar-refractivity contribution in [2.75, 3.05) is 51.3 Å². The Morgan fingerprint density at radius 3 is 2.76 bits per heavy atom. The Bertz CT molecular complexity index is 1730. The summed E-state index contributed by atoms with van der Waals surface area (Å²) in [6.45, 7) is 8.27. The highest BCUT2D eigenvalue weighted by Crippen LogP contribution is 2.36. The van der Waals surface area contributed by atoms with Crippen LogP contribution in [0.5, 0.6) is 5.75 Å². The molecule has 2 N–H and O–H groups in total. The van der Waals surface area contributed by atoms with Gasteiger partial charge in [-0.25, -0.2) is 4.98 Å². The number of nitrogens with one attached hydrogen (secondary N) is 1. The summed E-state index contributed by atoms with van der Waals surface area (Å²) in [6.07, 6.45) is 7.07. The van der Waals surface area contributed by atoms with Gasteiger partial charge in [0.05, 0.1) is 19.8 Å². The molecule has 2 aromatic carbocycles. The number of carbonyl (C=O) groups is 1. The molecular formula is C36H40N6O4. The maximum atomic E-state index is 11.8. The number of carboxylic acid groups (broad SMARTS) is 1. The number of aliphatic carboxylic acids is 1. The number of anilines is 2. The van der Waals surface area contributed by atoms with Gasteiger partial charge in [0.15, 0.2) is 5.82 Å². The summed E-state index contributed by atoms with van der Waals surface area (Å²) < 4.78 is 11.6. The standard InChI is InChI=1S/C36H40N6O4/c1-25-28(29-8-5-11-33(30(29)22-37)46-18-6-14-41-16-19-45-20-17-41)7-4-9-31(25)40-35-34-27(12-13-38-35)21-26(23-39-34)24-42-15-3-2-10-32(42)36(43)44/h4-5,7-9,11-13,21,23,32H,2-3,6,10,14-20,24H2,1H3,(H,38,40)(H,43,44). The van der Waals surface area contributed by atoms with E-state index in [0.717, 1.165) is 97.5 Å². The number of nitrogens with zero attached hydrogens (tertiary/aromatic N) is 5. The topological polar surface area (TPSA) is 124 Å². The second kappa shape index (κ2) is 14.7. The minimum Gasteiger partial charge on any atom is -0.492 e. The summed E-state index contributed by atoms with van der Waals surface area (Å²) in [5, 5.41) is 24.3. The van der Waals surface area contributed by atoms with E-state index in [4.69, 9.17) is 14.5 Å². The predicted molar refractivity (Wildman–Crippen MR) is 177 cm³/mol. The molecule has 2 saturated heterocycles. The van der Waals surface area contributed by atoms with Gasteiger partial charge in [-0.1, -0.05) is 30.7 Å². The third-order valence-electron chi connectivity index (χ3n) is 8.94. The minimum atomic E-state index is -0.762. The van der Waals surface area contributed by atoms with Crippen molar-refractivity contribution in [3.8, 4) is 22.9 Å². The lowest BCUT2D eigenvalue weighted by atomic mass is 9.95. The number of carboxylic acids is 1. The van der Waals surface area contributed by atoms with Crippen LogP contribution in [-0.2, 0) is 16.1 Å². The number of rotatable bonds is 11. The van der Waals surface area contributed by atoms with Gasteiger partial charge in [-0.05, 0) is 73.7 Å². The van der Waals surface area contributed by atoms with E-state index in [0.29, 0.717) is 36.7 Å². The first-order valence-electron chi connectivity index (χ1n) is 16.1. The second-order valence-corrected chi connectivity index (χ2v) is 11.9. The molecule has 1 unspecified atom stereocenters. The van der Waals surface area contributed by atoms with Crippen LogP contribution in [-0.4, -0.2) is 82.9 Å². The number of piperidine rings is 1. The van der Waals surface area contributed by atoms with Gasteiger partial charge in [-0.3, -0.25) is 19.6 Å². The number of pyridine rings is 2. The van der Waals surface area contributed by atoms with Gasteiger partial charge < -0.3 is 19.9 Å². The SMILES string of the molecule is Cc1c(Nc2nccc3cc(CN4CCCCC4C(=O)O)cnc23)cccc1-c1cccc(OCCCN2CCOCC2)c1C#N. The van der Waals surface area contributed by atoms with Crippen molar-refractivity contribution in [2.24, 2.45) is 0 Å². The van der Waals surface area contributed by atoms with E-state index in [1.165, 1.54) is 0 Å². The molecule has 10 nitrogen and oxygen atoms in total. The highest BCUT2D eigenvalue weighted by atomic mass is 16.5. The Morgan fingerprint density at radius 2 is 1.93 bits per heavy atom. The van der Waals surface area contributed by atoms with E-state index < -0.39 is 12.0 Å². The molecule has 4 aromatic rings. The van der Waals surface area contributed by atoms with E-state index in [1.54, 1.807) is 6.20 Å². The molecule has 4 heterocycles. The molecule has 2 aromatic heterocycles. The molecule has 2 fully saturated rings. The molecule has 2 aliphatic rings. The van der Waals surface area contributed by atoms with Gasteiger partial charge in [-0.2, -0.15) is 5.26 Å². The summed E-state index contributed by atoms with van der Waals surface area (Å²) in [6, 6.07) is 17.7. The van der Waals surface area contributed by atoms with E-state index >= 15 is 0 Å². The van der Waals surface area contributed by atoms with Crippen LogP contribution >= 0.6 is 0 Å². The van der Waals surface area contributed by atoms with Crippen molar-refractivity contribution in [3.05, 3.63) is 77.6 Å². The maximum Gasteiger partial charge on any atom is 0.320 e. The fraction of sp³-hybridized carbons (Fsp3) is 0.389. The van der Waals surface area contributed by atoms with Crippen LogP contribution in [0.3, 0.4) is 0 Å². The highest BCUT2D eigenvalue weighted by molar-refractivity contribution is 5.91. The van der Waals surface area contributed by atoms with Crippen LogP contribution in [0.15, 0.2) is 60.9 Å². The normalized spacial score (nSPS) is 17.4. The largest absolute Gasteiger partial charge is 0.492 e. The maximum absolute atomic E-state index is 11.8. The van der Waals surface area contributed by atoms with E-state index in [-0.39, 0.29) is 0 Å². The summed E-state index contributed by atoms with van der Waals surface area (Å²) >= 11 is 0. The molecule has 0 aliphatic carbocycles. The number of nitriles is 1. The molecular weight excluding hydrogens is 580 g/mol. The molecule has 0 amide bonds. The number of hydrogen-bond acceptors (Lipinski definition) is 9. The smallest absolute Gasteiger partial charge is 0.320 e.